The maximum absolute atomic E-state index is 10.8. The van der Waals surface area contributed by atoms with E-state index in [9.17, 15) is 4.79 Å². The Kier molecular flexibility index (Phi) is 4.08. The van der Waals surface area contributed by atoms with E-state index in [0.29, 0.717) is 0 Å². The third-order valence-corrected chi connectivity index (χ3v) is 1.41. The van der Waals surface area contributed by atoms with Gasteiger partial charge in [-0.05, 0) is 20.3 Å². The summed E-state index contributed by atoms with van der Waals surface area (Å²) in [4.78, 5) is 12.6. The second kappa shape index (κ2) is 4.31. The molecule has 0 aliphatic rings. The molecule has 0 aromatic carbocycles. The first kappa shape index (κ1) is 9.47. The maximum Gasteiger partial charge on any atom is 0.223 e. The Balaban J connectivity index is 3.85. The van der Waals surface area contributed by atoms with E-state index in [-0.39, 0.29) is 11.9 Å². The van der Waals surface area contributed by atoms with Crippen molar-refractivity contribution < 1.29 is 4.79 Å². The average Bonchev–Trinajstić information content (AvgIpc) is 1.81. The predicted molar refractivity (Wildman–Crippen MR) is 42.5 cm³/mol. The van der Waals surface area contributed by atoms with Crippen LogP contribution >= 0.6 is 0 Å². The van der Waals surface area contributed by atoms with Crippen molar-refractivity contribution >= 4 is 5.91 Å². The summed E-state index contributed by atoms with van der Waals surface area (Å²) in [7, 11) is 0. The molecular weight excluding hydrogens is 126 g/mol. The normalized spacial score (nSPS) is 10.1. The van der Waals surface area contributed by atoms with E-state index in [1.54, 1.807) is 4.90 Å². The number of rotatable bonds is 3. The highest BCUT2D eigenvalue weighted by molar-refractivity contribution is 5.80. The quantitative estimate of drug-likeness (QED) is 0.584. The molecule has 0 saturated carbocycles. The molecule has 10 heavy (non-hydrogen) atoms. The van der Waals surface area contributed by atoms with Crippen LogP contribution in [-0.2, 0) is 4.79 Å². The molecule has 2 nitrogen and oxygen atoms in total. The summed E-state index contributed by atoms with van der Waals surface area (Å²) in [6.45, 7) is 10.2. The van der Waals surface area contributed by atoms with E-state index in [1.807, 2.05) is 13.8 Å². The Morgan fingerprint density at radius 2 is 2.10 bits per heavy atom. The molecule has 1 amide bonds. The Morgan fingerprint density at radius 1 is 1.60 bits per heavy atom. The average molecular weight is 142 g/mol. The highest BCUT2D eigenvalue weighted by atomic mass is 16.2. The van der Waals surface area contributed by atoms with Gasteiger partial charge >= 0.3 is 0 Å². The first-order chi connectivity index (χ1) is 4.59. The van der Waals surface area contributed by atoms with E-state index < -0.39 is 0 Å². The van der Waals surface area contributed by atoms with Crippen LogP contribution in [0.4, 0.5) is 0 Å². The number of hydrogen-bond donors (Lipinski definition) is 0. The van der Waals surface area contributed by atoms with Crippen LogP contribution in [0, 0.1) is 6.92 Å². The Bertz CT molecular complexity index is 110. The lowest BCUT2D eigenvalue weighted by Crippen LogP contribution is -2.35. The van der Waals surface area contributed by atoms with Gasteiger partial charge in [0.15, 0.2) is 0 Å². The minimum absolute atomic E-state index is 0.0724. The van der Waals surface area contributed by atoms with Gasteiger partial charge in [-0.25, -0.2) is 0 Å². The lowest BCUT2D eigenvalue weighted by Gasteiger charge is -2.24. The minimum atomic E-state index is -0.0724. The maximum atomic E-state index is 10.8. The van der Waals surface area contributed by atoms with Crippen LogP contribution in [0.25, 0.3) is 0 Å². The van der Waals surface area contributed by atoms with Crippen LogP contribution in [0.1, 0.15) is 27.2 Å². The van der Waals surface area contributed by atoms with E-state index >= 15 is 0 Å². The number of carbonyl (C=O) groups is 1. The lowest BCUT2D eigenvalue weighted by atomic mass is 10.3. The molecule has 0 saturated heterocycles. The van der Waals surface area contributed by atoms with Gasteiger partial charge in [0.2, 0.25) is 5.91 Å². The number of hydrogen-bond acceptors (Lipinski definition) is 1. The van der Waals surface area contributed by atoms with Gasteiger partial charge in [0, 0.05) is 19.5 Å². The zero-order valence-electron chi connectivity index (χ0n) is 7.05. The molecule has 0 rings (SSSR count). The van der Waals surface area contributed by atoms with Crippen molar-refractivity contribution in [1.29, 1.82) is 0 Å². The molecule has 0 atom stereocenters. The van der Waals surface area contributed by atoms with Crippen molar-refractivity contribution in [2.75, 3.05) is 6.54 Å². The van der Waals surface area contributed by atoms with Gasteiger partial charge in [0.05, 0.1) is 0 Å². The molecule has 2 heteroatoms. The van der Waals surface area contributed by atoms with Crippen LogP contribution in [0.15, 0.2) is 0 Å². The molecule has 0 aromatic heterocycles. The predicted octanol–water partition coefficient (Wildman–Crippen LogP) is 1.47. The Morgan fingerprint density at radius 3 is 2.20 bits per heavy atom. The molecule has 0 fully saturated rings. The highest BCUT2D eigenvalue weighted by Gasteiger charge is 2.09. The Labute approximate surface area is 63.2 Å². The van der Waals surface area contributed by atoms with Gasteiger partial charge < -0.3 is 4.90 Å². The van der Waals surface area contributed by atoms with Crippen molar-refractivity contribution in [1.82, 2.24) is 4.90 Å². The van der Waals surface area contributed by atoms with E-state index in [2.05, 4.69) is 13.8 Å². The van der Waals surface area contributed by atoms with Crippen LogP contribution in [0.5, 0.6) is 0 Å². The van der Waals surface area contributed by atoms with Crippen molar-refractivity contribution in [3.63, 3.8) is 0 Å². The van der Waals surface area contributed by atoms with Gasteiger partial charge in [-0.15, -0.1) is 0 Å². The minimum Gasteiger partial charge on any atom is -0.340 e. The summed E-state index contributed by atoms with van der Waals surface area (Å²) in [6, 6.07) is 0.282. The summed E-state index contributed by atoms with van der Waals surface area (Å²) in [6.07, 6.45) is 0.999. The van der Waals surface area contributed by atoms with Crippen LogP contribution < -0.4 is 0 Å². The van der Waals surface area contributed by atoms with Gasteiger partial charge in [-0.3, -0.25) is 4.79 Å². The molecule has 0 unspecified atom stereocenters. The molecule has 0 aliphatic heterocycles. The molecule has 0 spiro atoms. The fourth-order valence-electron chi connectivity index (χ4n) is 0.912. The summed E-state index contributed by atoms with van der Waals surface area (Å²) >= 11 is 0. The fourth-order valence-corrected chi connectivity index (χ4v) is 0.912. The van der Waals surface area contributed by atoms with Crippen LogP contribution in [0.3, 0.4) is 0 Å². The third-order valence-electron chi connectivity index (χ3n) is 1.41. The van der Waals surface area contributed by atoms with Gasteiger partial charge in [-0.1, -0.05) is 6.92 Å². The van der Waals surface area contributed by atoms with Gasteiger partial charge in [0.1, 0.15) is 0 Å². The lowest BCUT2D eigenvalue weighted by molar-refractivity contribution is -0.127. The molecule has 0 aliphatic carbocycles. The largest absolute Gasteiger partial charge is 0.340 e. The number of nitrogens with zero attached hydrogens (tertiary/aromatic N) is 1. The SMILES string of the molecule is [CH2]C(=O)N(CCC)C(C)C. The van der Waals surface area contributed by atoms with Gasteiger partial charge in [0.25, 0.3) is 0 Å². The first-order valence-corrected chi connectivity index (χ1v) is 3.72. The van der Waals surface area contributed by atoms with E-state index in [1.165, 1.54) is 0 Å². The molecule has 1 radical (unpaired) electrons. The first-order valence-electron chi connectivity index (χ1n) is 3.72. The summed E-state index contributed by atoms with van der Waals surface area (Å²) < 4.78 is 0. The second-order valence-electron chi connectivity index (χ2n) is 2.68. The van der Waals surface area contributed by atoms with E-state index in [0.717, 1.165) is 13.0 Å². The summed E-state index contributed by atoms with van der Waals surface area (Å²) in [5.74, 6) is -0.0724. The second-order valence-corrected chi connectivity index (χ2v) is 2.68. The molecule has 0 aromatic rings. The fraction of sp³-hybridized carbons (Fsp3) is 0.750. The van der Waals surface area contributed by atoms with Crippen LogP contribution in [-0.4, -0.2) is 23.4 Å². The molecule has 59 valence electrons. The molecule has 0 bridgehead atoms. The molecule has 0 heterocycles. The smallest absolute Gasteiger partial charge is 0.223 e. The highest BCUT2D eigenvalue weighted by Crippen LogP contribution is 1.98. The van der Waals surface area contributed by atoms with Crippen molar-refractivity contribution in [2.45, 2.75) is 33.2 Å². The summed E-state index contributed by atoms with van der Waals surface area (Å²) in [5, 5.41) is 0. The van der Waals surface area contributed by atoms with E-state index in [4.69, 9.17) is 0 Å². The standard InChI is InChI=1S/C8H16NO/c1-5-6-9(7(2)3)8(4)10/h7H,4-6H2,1-3H3. The monoisotopic (exact) mass is 142 g/mol. The number of carbonyl (C=O) groups excluding carboxylic acids is 1. The van der Waals surface area contributed by atoms with Gasteiger partial charge in [-0.2, -0.15) is 0 Å². The van der Waals surface area contributed by atoms with Crippen molar-refractivity contribution in [2.24, 2.45) is 0 Å². The van der Waals surface area contributed by atoms with Crippen molar-refractivity contribution in [3.8, 4) is 0 Å². The zero-order valence-corrected chi connectivity index (χ0v) is 7.05. The molecular formula is C8H16NO. The zero-order chi connectivity index (χ0) is 8.15. The summed E-state index contributed by atoms with van der Waals surface area (Å²) in [5.41, 5.74) is 0. The molecule has 0 N–H and O–H groups in total. The number of amides is 1. The topological polar surface area (TPSA) is 20.3 Å². The Hall–Kier alpha value is -0.530. The van der Waals surface area contributed by atoms with Crippen molar-refractivity contribution in [3.05, 3.63) is 6.92 Å². The van der Waals surface area contributed by atoms with Crippen LogP contribution in [0.2, 0.25) is 0 Å². The third kappa shape index (κ3) is 2.85.